The topological polar surface area (TPSA) is 37.8 Å². The number of hydrogen-bond donors (Lipinski definition) is 1. The molecule has 1 aromatic heterocycles. The van der Waals surface area contributed by atoms with E-state index in [1.807, 2.05) is 12.1 Å². The van der Waals surface area contributed by atoms with Crippen LogP contribution in [-0.4, -0.2) is 16.2 Å². The number of nitrogens with zero attached hydrogens (tertiary/aromatic N) is 2. The lowest BCUT2D eigenvalue weighted by Crippen LogP contribution is -2.31. The molecule has 3 nitrogen and oxygen atoms in total. The molecule has 1 heterocycles. The number of aromatic nitrogens is 2. The van der Waals surface area contributed by atoms with Crippen LogP contribution in [0.5, 0.6) is 0 Å². The smallest absolute Gasteiger partial charge is 0.148 e. The van der Waals surface area contributed by atoms with Crippen molar-refractivity contribution < 1.29 is 4.39 Å². The Kier molecular flexibility index (Phi) is 3.63. The lowest BCUT2D eigenvalue weighted by atomic mass is 9.80. The molecule has 1 aliphatic rings. The molecule has 1 fully saturated rings. The molecule has 104 valence electrons. The van der Waals surface area contributed by atoms with Crippen LogP contribution in [0, 0.1) is 11.7 Å². The summed E-state index contributed by atoms with van der Waals surface area (Å²) in [5.41, 5.74) is 1.63. The van der Waals surface area contributed by atoms with Gasteiger partial charge in [0.05, 0.1) is 5.69 Å². The van der Waals surface area contributed by atoms with Crippen molar-refractivity contribution in [1.82, 2.24) is 10.2 Å². The van der Waals surface area contributed by atoms with E-state index in [1.54, 1.807) is 12.1 Å². The molecule has 0 aliphatic heterocycles. The molecule has 1 aliphatic carbocycles. The number of anilines is 1. The van der Waals surface area contributed by atoms with Crippen molar-refractivity contribution in [3.63, 3.8) is 0 Å². The minimum absolute atomic E-state index is 0.241. The number of halogens is 1. The lowest BCUT2D eigenvalue weighted by Gasteiger charge is -2.32. The zero-order chi connectivity index (χ0) is 13.9. The molecule has 0 amide bonds. The first-order valence-electron chi connectivity index (χ1n) is 7.08. The summed E-state index contributed by atoms with van der Waals surface area (Å²) in [5.74, 6) is 1.32. The van der Waals surface area contributed by atoms with Crippen LogP contribution in [0.15, 0.2) is 36.4 Å². The van der Waals surface area contributed by atoms with E-state index in [-0.39, 0.29) is 5.82 Å². The Labute approximate surface area is 118 Å². The van der Waals surface area contributed by atoms with Gasteiger partial charge in [-0.3, -0.25) is 0 Å². The molecule has 0 saturated heterocycles. The summed E-state index contributed by atoms with van der Waals surface area (Å²) in [6, 6.07) is 10.6. The van der Waals surface area contributed by atoms with E-state index in [0.29, 0.717) is 6.04 Å². The Hall–Kier alpha value is -1.97. The van der Waals surface area contributed by atoms with Gasteiger partial charge < -0.3 is 5.32 Å². The molecule has 4 heteroatoms. The highest BCUT2D eigenvalue weighted by atomic mass is 19.1. The maximum absolute atomic E-state index is 12.9. The molecular weight excluding hydrogens is 253 g/mol. The summed E-state index contributed by atoms with van der Waals surface area (Å²) >= 11 is 0. The average Bonchev–Trinajstić information content (AvgIpc) is 2.38. The van der Waals surface area contributed by atoms with Crippen LogP contribution in [-0.2, 0) is 0 Å². The van der Waals surface area contributed by atoms with Crippen LogP contribution in [0.4, 0.5) is 10.2 Å². The third kappa shape index (κ3) is 2.79. The van der Waals surface area contributed by atoms with Crippen molar-refractivity contribution in [2.45, 2.75) is 32.2 Å². The van der Waals surface area contributed by atoms with E-state index < -0.39 is 0 Å². The maximum atomic E-state index is 12.9. The Morgan fingerprint density at radius 3 is 2.40 bits per heavy atom. The highest BCUT2D eigenvalue weighted by molar-refractivity contribution is 5.59. The third-order valence-corrected chi connectivity index (χ3v) is 4.04. The lowest BCUT2D eigenvalue weighted by molar-refractivity contribution is 0.285. The van der Waals surface area contributed by atoms with Crippen LogP contribution >= 0.6 is 0 Å². The molecule has 2 aromatic rings. The summed E-state index contributed by atoms with van der Waals surface area (Å²) in [6.45, 7) is 2.19. The van der Waals surface area contributed by atoms with Gasteiger partial charge in [-0.2, -0.15) is 0 Å². The highest BCUT2D eigenvalue weighted by Crippen LogP contribution is 2.30. The van der Waals surface area contributed by atoms with Gasteiger partial charge in [-0.15, -0.1) is 10.2 Å². The van der Waals surface area contributed by atoms with Gasteiger partial charge in [0.2, 0.25) is 0 Å². The molecule has 1 atom stereocenters. The molecule has 0 radical (unpaired) electrons. The SMILES string of the molecule is CC(Nc1ccc(-c2ccc(F)cc2)nn1)C1CCC1. The van der Waals surface area contributed by atoms with Gasteiger partial charge in [-0.05, 0) is 62.1 Å². The van der Waals surface area contributed by atoms with Crippen molar-refractivity contribution in [2.24, 2.45) is 5.92 Å². The van der Waals surface area contributed by atoms with Crippen LogP contribution in [0.1, 0.15) is 26.2 Å². The van der Waals surface area contributed by atoms with Gasteiger partial charge in [-0.1, -0.05) is 6.42 Å². The fourth-order valence-corrected chi connectivity index (χ4v) is 2.47. The minimum atomic E-state index is -0.241. The summed E-state index contributed by atoms with van der Waals surface area (Å²) in [7, 11) is 0. The van der Waals surface area contributed by atoms with Crippen LogP contribution in [0.25, 0.3) is 11.3 Å². The fraction of sp³-hybridized carbons (Fsp3) is 0.375. The zero-order valence-corrected chi connectivity index (χ0v) is 11.5. The second kappa shape index (κ2) is 5.57. The number of nitrogens with one attached hydrogen (secondary N) is 1. The van der Waals surface area contributed by atoms with Crippen molar-refractivity contribution in [3.8, 4) is 11.3 Å². The molecule has 0 bridgehead atoms. The predicted octanol–water partition coefficient (Wildman–Crippen LogP) is 3.88. The van der Waals surface area contributed by atoms with Gasteiger partial charge in [0.25, 0.3) is 0 Å². The van der Waals surface area contributed by atoms with E-state index in [2.05, 4.69) is 22.4 Å². The number of rotatable bonds is 4. The van der Waals surface area contributed by atoms with Crippen molar-refractivity contribution in [3.05, 3.63) is 42.2 Å². The number of hydrogen-bond acceptors (Lipinski definition) is 3. The molecule has 0 spiro atoms. The van der Waals surface area contributed by atoms with Gasteiger partial charge in [0.1, 0.15) is 11.6 Å². The fourth-order valence-electron chi connectivity index (χ4n) is 2.47. The monoisotopic (exact) mass is 271 g/mol. The molecule has 3 rings (SSSR count). The van der Waals surface area contributed by atoms with Gasteiger partial charge in [0.15, 0.2) is 0 Å². The summed E-state index contributed by atoms with van der Waals surface area (Å²) < 4.78 is 12.9. The van der Waals surface area contributed by atoms with Crippen LogP contribution in [0.2, 0.25) is 0 Å². The van der Waals surface area contributed by atoms with Crippen molar-refractivity contribution in [2.75, 3.05) is 5.32 Å². The third-order valence-electron chi connectivity index (χ3n) is 4.04. The van der Waals surface area contributed by atoms with E-state index in [4.69, 9.17) is 0 Å². The Bertz CT molecular complexity index is 561. The maximum Gasteiger partial charge on any atom is 0.148 e. The number of benzene rings is 1. The summed E-state index contributed by atoms with van der Waals surface area (Å²) in [5, 5.41) is 11.8. The normalized spacial score (nSPS) is 16.5. The van der Waals surface area contributed by atoms with Crippen LogP contribution < -0.4 is 5.32 Å². The molecule has 1 unspecified atom stereocenters. The highest BCUT2D eigenvalue weighted by Gasteiger charge is 2.23. The molecule has 20 heavy (non-hydrogen) atoms. The molecule has 1 saturated carbocycles. The Morgan fingerprint density at radius 2 is 1.85 bits per heavy atom. The van der Waals surface area contributed by atoms with Gasteiger partial charge in [0, 0.05) is 11.6 Å². The quantitative estimate of drug-likeness (QED) is 0.917. The predicted molar refractivity (Wildman–Crippen MR) is 77.9 cm³/mol. The van der Waals surface area contributed by atoms with Gasteiger partial charge >= 0.3 is 0 Å². The van der Waals surface area contributed by atoms with Gasteiger partial charge in [-0.25, -0.2) is 4.39 Å². The molecular formula is C16H18FN3. The second-order valence-corrected chi connectivity index (χ2v) is 5.43. The Morgan fingerprint density at radius 1 is 1.10 bits per heavy atom. The first kappa shape index (κ1) is 13.0. The summed E-state index contributed by atoms with van der Waals surface area (Å²) in [6.07, 6.45) is 3.94. The zero-order valence-electron chi connectivity index (χ0n) is 11.5. The van der Waals surface area contributed by atoms with Crippen molar-refractivity contribution in [1.29, 1.82) is 0 Å². The summed E-state index contributed by atoms with van der Waals surface area (Å²) in [4.78, 5) is 0. The average molecular weight is 271 g/mol. The van der Waals surface area contributed by atoms with E-state index in [9.17, 15) is 4.39 Å². The molecule has 1 aromatic carbocycles. The van der Waals surface area contributed by atoms with Crippen molar-refractivity contribution >= 4 is 5.82 Å². The van der Waals surface area contributed by atoms with E-state index in [0.717, 1.165) is 23.0 Å². The first-order chi connectivity index (χ1) is 9.72. The second-order valence-electron chi connectivity index (χ2n) is 5.43. The standard InChI is InChI=1S/C16H18FN3/c1-11(12-3-2-4-12)18-16-10-9-15(19-20-16)13-5-7-14(17)8-6-13/h5-12H,2-4H2,1H3,(H,18,20). The van der Waals surface area contributed by atoms with E-state index in [1.165, 1.54) is 31.4 Å². The van der Waals surface area contributed by atoms with E-state index >= 15 is 0 Å². The van der Waals surface area contributed by atoms with Crippen LogP contribution in [0.3, 0.4) is 0 Å². The molecule has 1 N–H and O–H groups in total. The minimum Gasteiger partial charge on any atom is -0.366 e. The Balaban J connectivity index is 1.69. The largest absolute Gasteiger partial charge is 0.366 e. The first-order valence-corrected chi connectivity index (χ1v) is 7.08.